The normalized spacial score (nSPS) is 17.9. The van der Waals surface area contributed by atoms with Gasteiger partial charge in [0, 0.05) is 12.2 Å². The molecule has 0 saturated heterocycles. The van der Waals surface area contributed by atoms with Gasteiger partial charge in [-0.1, -0.05) is 25.1 Å². The fourth-order valence-electron chi connectivity index (χ4n) is 2.84. The Labute approximate surface area is 116 Å². The number of para-hydroxylation sites is 1. The molecule has 20 heavy (non-hydrogen) atoms. The molecule has 1 aliphatic rings. The summed E-state index contributed by atoms with van der Waals surface area (Å²) in [5, 5.41) is 0. The van der Waals surface area contributed by atoms with Gasteiger partial charge in [0.25, 0.3) is 0 Å². The first-order valence-corrected chi connectivity index (χ1v) is 6.67. The Bertz CT molecular complexity index is 655. The summed E-state index contributed by atoms with van der Waals surface area (Å²) in [6.45, 7) is 2.72. The Kier molecular flexibility index (Phi) is 3.08. The minimum absolute atomic E-state index is 0.143. The molecule has 2 N–H and O–H groups in total. The highest BCUT2D eigenvalue weighted by Crippen LogP contribution is 2.39. The molecule has 4 heteroatoms. The monoisotopic (exact) mass is 274 g/mol. The third-order valence-corrected chi connectivity index (χ3v) is 3.72. The van der Waals surface area contributed by atoms with Crippen LogP contribution in [-0.2, 0) is 6.42 Å². The van der Waals surface area contributed by atoms with Crippen molar-refractivity contribution >= 4 is 17.1 Å². The first kappa shape index (κ1) is 12.9. The molecule has 3 rings (SSSR count). The van der Waals surface area contributed by atoms with Gasteiger partial charge in [-0.05, 0) is 36.1 Å². The van der Waals surface area contributed by atoms with Crippen LogP contribution in [0.5, 0.6) is 0 Å². The summed E-state index contributed by atoms with van der Waals surface area (Å²) >= 11 is 0. The quantitative estimate of drug-likeness (QED) is 0.800. The van der Waals surface area contributed by atoms with Crippen LogP contribution in [0.25, 0.3) is 0 Å². The molecule has 2 aromatic carbocycles. The molecule has 1 heterocycles. The van der Waals surface area contributed by atoms with E-state index in [-0.39, 0.29) is 11.4 Å². The first-order valence-electron chi connectivity index (χ1n) is 6.67. The number of nitrogens with zero attached hydrogens (tertiary/aromatic N) is 1. The lowest BCUT2D eigenvalue weighted by molar-refractivity contribution is 0.501. The van der Waals surface area contributed by atoms with Gasteiger partial charge in [0.2, 0.25) is 0 Å². The lowest BCUT2D eigenvalue weighted by atomic mass is 9.93. The summed E-state index contributed by atoms with van der Waals surface area (Å²) in [6, 6.07) is 10.3. The maximum Gasteiger partial charge on any atom is 0.184 e. The molecule has 2 nitrogen and oxygen atoms in total. The molecular weight excluding hydrogens is 258 g/mol. The average Bonchev–Trinajstić information content (AvgIpc) is 2.43. The number of rotatable bonds is 1. The van der Waals surface area contributed by atoms with E-state index >= 15 is 0 Å². The van der Waals surface area contributed by atoms with Crippen molar-refractivity contribution in [3.8, 4) is 0 Å². The molecule has 0 radical (unpaired) electrons. The zero-order chi connectivity index (χ0) is 14.3. The van der Waals surface area contributed by atoms with E-state index < -0.39 is 11.6 Å². The van der Waals surface area contributed by atoms with Crippen molar-refractivity contribution in [1.82, 2.24) is 0 Å². The predicted octanol–water partition coefficient (Wildman–Crippen LogP) is 3.88. The number of hydrogen-bond donors (Lipinski definition) is 1. The van der Waals surface area contributed by atoms with E-state index in [4.69, 9.17) is 5.73 Å². The van der Waals surface area contributed by atoms with Gasteiger partial charge in [-0.2, -0.15) is 0 Å². The van der Waals surface area contributed by atoms with E-state index in [9.17, 15) is 8.78 Å². The minimum Gasteiger partial charge on any atom is -0.397 e. The van der Waals surface area contributed by atoms with E-state index in [2.05, 4.69) is 6.92 Å². The molecule has 1 unspecified atom stereocenters. The highest BCUT2D eigenvalue weighted by molar-refractivity contribution is 5.77. The predicted molar refractivity (Wildman–Crippen MR) is 77.1 cm³/mol. The highest BCUT2D eigenvalue weighted by Gasteiger charge is 2.27. The Hall–Kier alpha value is -2.10. The van der Waals surface area contributed by atoms with Crippen molar-refractivity contribution in [2.75, 3.05) is 17.2 Å². The van der Waals surface area contributed by atoms with Gasteiger partial charge in [-0.15, -0.1) is 0 Å². The van der Waals surface area contributed by atoms with Crippen molar-refractivity contribution in [2.45, 2.75) is 13.3 Å². The molecule has 1 atom stereocenters. The summed E-state index contributed by atoms with van der Waals surface area (Å²) in [5.41, 5.74) is 8.31. The number of halogens is 2. The summed E-state index contributed by atoms with van der Waals surface area (Å²) in [6.07, 6.45) is 0.934. The van der Waals surface area contributed by atoms with E-state index in [1.165, 1.54) is 6.07 Å². The second-order valence-corrected chi connectivity index (χ2v) is 5.35. The van der Waals surface area contributed by atoms with Crippen LogP contribution in [0.2, 0.25) is 0 Å². The number of anilines is 3. The molecule has 2 aromatic rings. The van der Waals surface area contributed by atoms with Crippen molar-refractivity contribution in [3.05, 3.63) is 53.6 Å². The van der Waals surface area contributed by atoms with Gasteiger partial charge in [0.15, 0.2) is 11.6 Å². The van der Waals surface area contributed by atoms with Gasteiger partial charge in [0.05, 0.1) is 5.69 Å². The minimum atomic E-state index is -0.881. The smallest absolute Gasteiger partial charge is 0.184 e. The molecule has 104 valence electrons. The number of nitrogen functional groups attached to an aromatic ring is 1. The van der Waals surface area contributed by atoms with E-state index in [1.807, 2.05) is 24.3 Å². The van der Waals surface area contributed by atoms with E-state index in [0.717, 1.165) is 23.7 Å². The van der Waals surface area contributed by atoms with E-state index in [1.54, 1.807) is 4.90 Å². The molecule has 0 fully saturated rings. The van der Waals surface area contributed by atoms with Crippen LogP contribution >= 0.6 is 0 Å². The average molecular weight is 274 g/mol. The van der Waals surface area contributed by atoms with Gasteiger partial charge >= 0.3 is 0 Å². The van der Waals surface area contributed by atoms with Crippen LogP contribution in [0.1, 0.15) is 12.5 Å². The topological polar surface area (TPSA) is 29.3 Å². The summed E-state index contributed by atoms with van der Waals surface area (Å²) in [4.78, 5) is 1.79. The highest BCUT2D eigenvalue weighted by atomic mass is 19.2. The fourth-order valence-corrected chi connectivity index (χ4v) is 2.84. The maximum absolute atomic E-state index is 14.2. The van der Waals surface area contributed by atoms with Gasteiger partial charge in [-0.3, -0.25) is 0 Å². The van der Waals surface area contributed by atoms with Crippen LogP contribution in [0.3, 0.4) is 0 Å². The Morgan fingerprint density at radius 3 is 2.70 bits per heavy atom. The first-order chi connectivity index (χ1) is 9.58. The molecule has 0 aliphatic carbocycles. The van der Waals surface area contributed by atoms with Crippen molar-refractivity contribution in [2.24, 2.45) is 5.92 Å². The Morgan fingerprint density at radius 2 is 1.90 bits per heavy atom. The van der Waals surface area contributed by atoms with Crippen LogP contribution < -0.4 is 10.6 Å². The second kappa shape index (κ2) is 4.78. The lowest BCUT2D eigenvalue weighted by Crippen LogP contribution is -2.31. The SMILES string of the molecule is CC1Cc2ccccc2N(c2c(N)ccc(F)c2F)C1. The number of nitrogens with two attached hydrogens (primary N) is 1. The van der Waals surface area contributed by atoms with Crippen molar-refractivity contribution in [1.29, 1.82) is 0 Å². The molecule has 0 amide bonds. The van der Waals surface area contributed by atoms with Gasteiger partial charge in [-0.25, -0.2) is 8.78 Å². The molecule has 1 aliphatic heterocycles. The molecular formula is C16H16F2N2. The third-order valence-electron chi connectivity index (χ3n) is 3.72. The lowest BCUT2D eigenvalue weighted by Gasteiger charge is -2.35. The van der Waals surface area contributed by atoms with Gasteiger partial charge < -0.3 is 10.6 Å². The molecule has 0 aromatic heterocycles. The molecule has 0 bridgehead atoms. The van der Waals surface area contributed by atoms with E-state index in [0.29, 0.717) is 12.5 Å². The zero-order valence-corrected chi connectivity index (χ0v) is 11.2. The summed E-state index contributed by atoms with van der Waals surface area (Å²) < 4.78 is 27.7. The standard InChI is InChI=1S/C16H16F2N2/c1-10-8-11-4-2-3-5-14(11)20(9-10)16-13(19)7-6-12(17)15(16)18/h2-7,10H,8-9,19H2,1H3. The van der Waals surface area contributed by atoms with Crippen LogP contribution in [-0.4, -0.2) is 6.54 Å². The number of hydrogen-bond acceptors (Lipinski definition) is 2. The third kappa shape index (κ3) is 2.01. The summed E-state index contributed by atoms with van der Waals surface area (Å²) in [5.74, 6) is -1.40. The maximum atomic E-state index is 14.2. The second-order valence-electron chi connectivity index (χ2n) is 5.35. The number of fused-ring (bicyclic) bond motifs is 1. The van der Waals surface area contributed by atoms with Crippen molar-refractivity contribution < 1.29 is 8.78 Å². The summed E-state index contributed by atoms with van der Waals surface area (Å²) in [7, 11) is 0. The zero-order valence-electron chi connectivity index (χ0n) is 11.2. The Morgan fingerprint density at radius 1 is 1.15 bits per heavy atom. The Balaban J connectivity index is 2.18. The van der Waals surface area contributed by atoms with Gasteiger partial charge in [0.1, 0.15) is 5.69 Å². The fraction of sp³-hybridized carbons (Fsp3) is 0.250. The largest absolute Gasteiger partial charge is 0.397 e. The molecule has 0 saturated carbocycles. The number of benzene rings is 2. The van der Waals surface area contributed by atoms with Crippen LogP contribution in [0.15, 0.2) is 36.4 Å². The van der Waals surface area contributed by atoms with Crippen LogP contribution in [0.4, 0.5) is 25.8 Å². The van der Waals surface area contributed by atoms with Crippen LogP contribution in [0, 0.1) is 17.6 Å². The molecule has 0 spiro atoms. The van der Waals surface area contributed by atoms with Crippen molar-refractivity contribution in [3.63, 3.8) is 0 Å².